The van der Waals surface area contributed by atoms with E-state index in [1.807, 2.05) is 93.9 Å². The molecule has 0 saturated carbocycles. The second-order valence-electron chi connectivity index (χ2n) is 36.8. The van der Waals surface area contributed by atoms with Gasteiger partial charge in [0, 0.05) is 184 Å². The summed E-state index contributed by atoms with van der Waals surface area (Å²) in [6, 6.07) is 138. The van der Waals surface area contributed by atoms with Crippen molar-refractivity contribution in [2.45, 2.75) is 0 Å². The molecule has 36 rings (SSSR count). The van der Waals surface area contributed by atoms with Crippen LogP contribution >= 0.6 is 45.3 Å². The Morgan fingerprint density at radius 1 is 0.150 bits per heavy atom. The van der Waals surface area contributed by atoms with Crippen LogP contribution in [0.3, 0.4) is 0 Å². The fourth-order valence-corrected chi connectivity index (χ4v) is 27.9. The smallest absolute Gasteiger partial charge is 0.147 e. The fraction of sp³-hybridized carbons (Fsp3) is 0. The van der Waals surface area contributed by atoms with Crippen molar-refractivity contribution in [1.82, 2.24) is 37.5 Å². The number of thiophene rings is 4. The zero-order valence-corrected chi connectivity index (χ0v) is 77.1. The van der Waals surface area contributed by atoms with Crippen molar-refractivity contribution >= 4 is 367 Å². The van der Waals surface area contributed by atoms with E-state index in [-0.39, 0.29) is 0 Å². The van der Waals surface area contributed by atoms with E-state index in [2.05, 4.69) is 357 Å². The monoisotopic (exact) mass is 1860 g/mol. The van der Waals surface area contributed by atoms with Crippen molar-refractivity contribution in [3.05, 3.63) is 388 Å². The Kier molecular flexibility index (Phi) is 15.2. The largest absolute Gasteiger partial charge is 0.456 e. The van der Waals surface area contributed by atoms with Crippen LogP contribution in [0.15, 0.2) is 406 Å². The third kappa shape index (κ3) is 10.5. The molecule has 0 N–H and O–H groups in total. The maximum atomic E-state index is 6.32. The third-order valence-corrected chi connectivity index (χ3v) is 34.0. The van der Waals surface area contributed by atoms with Gasteiger partial charge in [-0.05, 0) is 186 Å². The first kappa shape index (κ1) is 75.6. The lowest BCUT2D eigenvalue weighted by molar-refractivity contribution is 0.669. The zero-order valence-electron chi connectivity index (χ0n) is 73.8. The molecule has 0 amide bonds. The van der Waals surface area contributed by atoms with Gasteiger partial charge in [-0.25, -0.2) is 19.9 Å². The Bertz CT molecular complexity index is 12000. The first-order valence-electron chi connectivity index (χ1n) is 46.9. The lowest BCUT2D eigenvalue weighted by Gasteiger charge is -2.11. The number of aromatic nitrogens is 8. The van der Waals surface area contributed by atoms with Crippen LogP contribution in [0, 0.1) is 0 Å². The van der Waals surface area contributed by atoms with Crippen LogP contribution in [0.25, 0.3) is 322 Å². The molecule has 0 fully saturated rings. The molecule has 0 saturated heterocycles. The van der Waals surface area contributed by atoms with Gasteiger partial charge < -0.3 is 17.7 Å². The van der Waals surface area contributed by atoms with E-state index in [1.165, 1.54) is 145 Å². The van der Waals surface area contributed by atoms with Crippen LogP contribution < -0.4 is 0 Å². The Labute approximate surface area is 804 Å². The summed E-state index contributed by atoms with van der Waals surface area (Å²) < 4.78 is 44.9. The zero-order chi connectivity index (χ0) is 90.7. The molecule has 36 aromatic rings. The van der Waals surface area contributed by atoms with Gasteiger partial charge in [0.05, 0.1) is 66.2 Å². The highest BCUT2D eigenvalue weighted by molar-refractivity contribution is 7.27. The quantitative estimate of drug-likeness (QED) is 0.138. The number of hydrogen-bond donors (Lipinski definition) is 0. The van der Waals surface area contributed by atoms with Crippen molar-refractivity contribution in [1.29, 1.82) is 0 Å². The number of furan rings is 4. The van der Waals surface area contributed by atoms with E-state index in [9.17, 15) is 0 Å². The lowest BCUT2D eigenvalue weighted by atomic mass is 9.98. The van der Waals surface area contributed by atoms with E-state index in [0.29, 0.717) is 0 Å². The summed E-state index contributed by atoms with van der Waals surface area (Å²) in [4.78, 5) is 20.6. The maximum Gasteiger partial charge on any atom is 0.147 e. The van der Waals surface area contributed by atoms with Crippen LogP contribution in [-0.4, -0.2) is 37.5 Å². The fourth-order valence-electron chi connectivity index (χ4n) is 23.3. The second-order valence-corrected chi connectivity index (χ2v) is 41.1. The van der Waals surface area contributed by atoms with Gasteiger partial charge in [0.15, 0.2) is 0 Å². The van der Waals surface area contributed by atoms with Crippen molar-refractivity contribution in [2.75, 3.05) is 0 Å². The molecule has 16 heteroatoms. The molecule has 0 atom stereocenters. The molecule has 648 valence electrons. The number of fused-ring (bicyclic) bond motifs is 58. The number of benzene rings is 20. The van der Waals surface area contributed by atoms with Crippen molar-refractivity contribution in [3.8, 4) is 0 Å². The van der Waals surface area contributed by atoms with Crippen LogP contribution in [0.5, 0.6) is 0 Å². The summed E-state index contributed by atoms with van der Waals surface area (Å²) in [6.07, 6.45) is 0. The number of nitrogens with zero attached hydrogens (tertiary/aromatic N) is 8. The van der Waals surface area contributed by atoms with Crippen LogP contribution in [0.2, 0.25) is 0 Å². The van der Waals surface area contributed by atoms with Gasteiger partial charge in [0.25, 0.3) is 0 Å². The summed E-state index contributed by atoms with van der Waals surface area (Å²) in [7, 11) is 0. The predicted molar refractivity (Wildman–Crippen MR) is 592 cm³/mol. The molecular weight excluding hydrogens is 1790 g/mol. The average Bonchev–Trinajstić information content (AvgIpc) is 1.54. The predicted octanol–water partition coefficient (Wildman–Crippen LogP) is 36.2. The van der Waals surface area contributed by atoms with Gasteiger partial charge in [-0.2, -0.15) is 0 Å². The van der Waals surface area contributed by atoms with Gasteiger partial charge in [0.2, 0.25) is 0 Å². The first-order chi connectivity index (χ1) is 69.4. The molecule has 0 spiro atoms. The molecule has 0 aliphatic heterocycles. The Morgan fingerprint density at radius 2 is 0.464 bits per heavy atom. The molecule has 0 unspecified atom stereocenters. The molecule has 20 aromatic carbocycles. The molecule has 16 aromatic heterocycles. The highest BCUT2D eigenvalue weighted by atomic mass is 32.1. The summed E-state index contributed by atoms with van der Waals surface area (Å²) in [5, 5.41) is 34.0. The highest BCUT2D eigenvalue weighted by Gasteiger charge is 2.27. The van der Waals surface area contributed by atoms with Gasteiger partial charge in [-0.1, -0.05) is 206 Å². The van der Waals surface area contributed by atoms with Crippen molar-refractivity contribution in [2.24, 2.45) is 0 Å². The first-order valence-corrected chi connectivity index (χ1v) is 50.2. The number of para-hydroxylation sites is 12. The Morgan fingerprint density at radius 3 is 0.943 bits per heavy atom. The van der Waals surface area contributed by atoms with Crippen LogP contribution in [0.4, 0.5) is 0 Å². The summed E-state index contributed by atoms with van der Waals surface area (Å²) in [5.41, 5.74) is 24.3. The molecule has 140 heavy (non-hydrogen) atoms. The van der Waals surface area contributed by atoms with Crippen LogP contribution in [0.1, 0.15) is 0 Å². The topological polar surface area (TPSA) is 122 Å². The minimum Gasteiger partial charge on any atom is -0.456 e. The van der Waals surface area contributed by atoms with Gasteiger partial charge in [-0.15, -0.1) is 45.3 Å². The van der Waals surface area contributed by atoms with Crippen LogP contribution in [-0.2, 0) is 0 Å². The normalized spacial score (nSPS) is 12.6. The molecule has 0 radical (unpaired) electrons. The van der Waals surface area contributed by atoms with E-state index in [0.717, 1.165) is 177 Å². The number of imidazole rings is 4. The van der Waals surface area contributed by atoms with Gasteiger partial charge in [-0.3, -0.25) is 17.6 Å². The SMILES string of the molecule is c1ccc2c(c1)nc1c3c(ccc4c5ccccc5sc43)c3cc4oc5ccccc5c4cc3n21.c1ccc2c(c1)nc1c3cc4sc5ccccc5c4cc3c3cc4c(cc3n21)oc1ccccc14.c1ccc2c(c1)nc1c3cc4sc5ccccc5c4cc3c3cc4oc5ccccc5c4cc3n21.c1ccc2c(c1)nc1c3ccc4sc5ccccc5c4c3c3cc4c(cc3n21)oc1ccccc14. The second kappa shape index (κ2) is 28.0. The Balaban J connectivity index is 0.0000000829. The van der Waals surface area contributed by atoms with Gasteiger partial charge >= 0.3 is 0 Å². The number of pyridine rings is 4. The lowest BCUT2D eigenvalue weighted by Crippen LogP contribution is -1.92. The van der Waals surface area contributed by atoms with E-state index in [1.54, 1.807) is 0 Å². The highest BCUT2D eigenvalue weighted by Crippen LogP contribution is 2.51. The van der Waals surface area contributed by atoms with E-state index < -0.39 is 0 Å². The van der Waals surface area contributed by atoms with Gasteiger partial charge in [0.1, 0.15) is 67.3 Å². The average molecular weight is 1860 g/mol. The number of rotatable bonds is 0. The molecule has 0 bridgehead atoms. The molecule has 12 nitrogen and oxygen atoms in total. The van der Waals surface area contributed by atoms with E-state index >= 15 is 0 Å². The number of hydrogen-bond acceptors (Lipinski definition) is 12. The maximum absolute atomic E-state index is 6.32. The minimum absolute atomic E-state index is 0.902. The molecule has 0 aliphatic carbocycles. The summed E-state index contributed by atoms with van der Waals surface area (Å²) in [5.74, 6) is 0. The summed E-state index contributed by atoms with van der Waals surface area (Å²) in [6.45, 7) is 0. The molecule has 16 heterocycles. The van der Waals surface area contributed by atoms with E-state index in [4.69, 9.17) is 37.6 Å². The van der Waals surface area contributed by atoms with Crippen molar-refractivity contribution in [3.63, 3.8) is 0 Å². The Hall–Kier alpha value is -17.6. The standard InChI is InChI=1S/4C31H16N2OS/c1-5-11-27-17(7-1)21-14-26-20(15-28(21)34-27)19-13-22-18-8-2-6-12-29(18)35-30(22)16-23(19)31-32-24-9-3-4-10-25(24)33(26)31;1-5-11-27-17(7-1)21-14-20-19-13-22-18-8-2-6-12-29(18)35-30(22)15-23(19)31-32-24-9-3-4-10-25(24)33(31)26(20)16-28(21)34-27;1-5-11-25-17(7-1)20-15-21-24(16-26(20)34-25)33-23-10-4-3-9-22(23)32-31(33)19-13-14-28-30(29(19)21)18-8-2-6-12-27(18)35-28;1-5-11-26-17(7-1)22-15-25-21(16-27(22)34-26)19-13-14-20-18-8-2-6-12-28(18)35-30(20)29(19)31-32-23-9-3-4-10-24(23)33(25)31/h4*1-16H. The summed E-state index contributed by atoms with van der Waals surface area (Å²) >= 11 is 7.41. The molecule has 0 aliphatic rings. The minimum atomic E-state index is 0.902. The third-order valence-electron chi connectivity index (χ3n) is 29.4. The van der Waals surface area contributed by atoms with Crippen molar-refractivity contribution < 1.29 is 17.7 Å². The molecular formula is C124H64N8O4S4.